The molecule has 1 N–H and O–H groups in total. The molecule has 0 aliphatic carbocycles. The predicted octanol–water partition coefficient (Wildman–Crippen LogP) is 4.09. The van der Waals surface area contributed by atoms with E-state index in [1.165, 1.54) is 31.5 Å². The number of halogens is 1. The Morgan fingerprint density at radius 3 is 2.82 bits per heavy atom. The maximum atomic E-state index is 14.5. The number of rotatable bonds is 8. The first-order chi connectivity index (χ1) is 15.9. The molecule has 0 aliphatic rings. The highest BCUT2D eigenvalue weighted by atomic mass is 19.1. The van der Waals surface area contributed by atoms with E-state index in [2.05, 4.69) is 15.1 Å². The van der Waals surface area contributed by atoms with E-state index >= 15 is 0 Å². The second kappa shape index (κ2) is 9.46. The number of hydrogen-bond acceptors (Lipinski definition) is 6. The quantitative estimate of drug-likeness (QED) is 0.409. The van der Waals surface area contributed by atoms with Crippen LogP contribution in [0.4, 0.5) is 4.39 Å². The van der Waals surface area contributed by atoms with Crippen molar-refractivity contribution in [3.8, 4) is 17.1 Å². The van der Waals surface area contributed by atoms with Crippen molar-refractivity contribution in [2.45, 2.75) is 25.7 Å². The Morgan fingerprint density at radius 1 is 1.24 bits per heavy atom. The molecular weight excluding hydrogens is 423 g/mol. The number of fused-ring (bicyclic) bond motifs is 1. The van der Waals surface area contributed by atoms with Gasteiger partial charge in [0.05, 0.1) is 24.4 Å². The second-order valence-corrected chi connectivity index (χ2v) is 7.94. The van der Waals surface area contributed by atoms with Crippen molar-refractivity contribution in [1.82, 2.24) is 19.7 Å². The van der Waals surface area contributed by atoms with Gasteiger partial charge in [-0.05, 0) is 47.7 Å². The predicted molar refractivity (Wildman–Crippen MR) is 123 cm³/mol. The molecule has 170 valence electrons. The van der Waals surface area contributed by atoms with Crippen LogP contribution in [0.2, 0.25) is 0 Å². The van der Waals surface area contributed by atoms with Crippen LogP contribution in [-0.4, -0.2) is 44.4 Å². The molecule has 2 heterocycles. The minimum absolute atomic E-state index is 0.0364. The number of Topliss-reactive ketones (excluding diaryl/α,β-unsaturated/α-hetero) is 1. The monoisotopic (exact) mass is 448 g/mol. The molecular formula is C25H25FN4O3. The fourth-order valence-electron chi connectivity index (χ4n) is 4.16. The number of ether oxygens (including phenoxy) is 1. The summed E-state index contributed by atoms with van der Waals surface area (Å²) in [5.41, 5.74) is 3.11. The van der Waals surface area contributed by atoms with E-state index in [1.54, 1.807) is 16.9 Å². The van der Waals surface area contributed by atoms with E-state index in [4.69, 9.17) is 4.74 Å². The number of aromatic nitrogens is 4. The van der Waals surface area contributed by atoms with Gasteiger partial charge < -0.3 is 9.84 Å². The van der Waals surface area contributed by atoms with E-state index in [-0.39, 0.29) is 41.8 Å². The van der Waals surface area contributed by atoms with Crippen molar-refractivity contribution < 1.29 is 19.0 Å². The number of carbonyl (C=O) groups excluding carboxylic acids is 1. The molecule has 0 saturated heterocycles. The van der Waals surface area contributed by atoms with Gasteiger partial charge in [0.2, 0.25) is 0 Å². The highest BCUT2D eigenvalue weighted by Gasteiger charge is 2.21. The van der Waals surface area contributed by atoms with Gasteiger partial charge in [-0.3, -0.25) is 9.48 Å². The van der Waals surface area contributed by atoms with Gasteiger partial charge in [0.15, 0.2) is 11.6 Å². The maximum absolute atomic E-state index is 14.5. The Balaban J connectivity index is 1.72. The summed E-state index contributed by atoms with van der Waals surface area (Å²) >= 11 is 0. The molecule has 2 aromatic heterocycles. The number of hydrogen-bond donors (Lipinski definition) is 1. The molecule has 0 radical (unpaired) electrons. The second-order valence-electron chi connectivity index (χ2n) is 7.94. The number of aliphatic hydroxyl groups is 1. The van der Waals surface area contributed by atoms with Crippen LogP contribution in [0.1, 0.15) is 40.9 Å². The summed E-state index contributed by atoms with van der Waals surface area (Å²) in [4.78, 5) is 21.7. The third-order valence-electron chi connectivity index (χ3n) is 5.83. The van der Waals surface area contributed by atoms with Crippen molar-refractivity contribution in [3.05, 3.63) is 71.4 Å². The summed E-state index contributed by atoms with van der Waals surface area (Å²) in [5.74, 6) is -0.320. The Bertz CT molecular complexity index is 1320. The Labute approximate surface area is 190 Å². The van der Waals surface area contributed by atoms with Crippen molar-refractivity contribution in [1.29, 1.82) is 0 Å². The van der Waals surface area contributed by atoms with Gasteiger partial charge in [-0.2, -0.15) is 5.10 Å². The van der Waals surface area contributed by atoms with Crippen LogP contribution in [0.25, 0.3) is 22.3 Å². The number of aryl methyl sites for hydroxylation is 1. The van der Waals surface area contributed by atoms with Gasteiger partial charge in [0, 0.05) is 31.7 Å². The van der Waals surface area contributed by atoms with Crippen LogP contribution >= 0.6 is 0 Å². The fraction of sp³-hybridized carbons (Fsp3) is 0.280. The van der Waals surface area contributed by atoms with Gasteiger partial charge in [-0.15, -0.1) is 0 Å². The molecule has 0 amide bonds. The van der Waals surface area contributed by atoms with Crippen LogP contribution in [-0.2, 0) is 13.5 Å². The van der Waals surface area contributed by atoms with E-state index in [9.17, 15) is 14.3 Å². The summed E-state index contributed by atoms with van der Waals surface area (Å²) in [7, 11) is 3.31. The zero-order chi connectivity index (χ0) is 23.5. The lowest BCUT2D eigenvalue weighted by atomic mass is 9.88. The normalized spacial score (nSPS) is 12.2. The molecule has 4 rings (SSSR count). The van der Waals surface area contributed by atoms with E-state index in [1.807, 2.05) is 26.1 Å². The zero-order valence-electron chi connectivity index (χ0n) is 18.7. The highest BCUT2D eigenvalue weighted by molar-refractivity contribution is 5.97. The first kappa shape index (κ1) is 22.5. The van der Waals surface area contributed by atoms with Crippen molar-refractivity contribution >= 4 is 16.7 Å². The summed E-state index contributed by atoms with van der Waals surface area (Å²) < 4.78 is 21.5. The number of methoxy groups -OCH3 is 1. The summed E-state index contributed by atoms with van der Waals surface area (Å²) in [6.07, 6.45) is 3.92. The number of carbonyl (C=O) groups is 1. The fourth-order valence-corrected chi connectivity index (χ4v) is 4.16. The van der Waals surface area contributed by atoms with Crippen LogP contribution < -0.4 is 4.74 Å². The largest absolute Gasteiger partial charge is 0.496 e. The topological polar surface area (TPSA) is 90.1 Å². The van der Waals surface area contributed by atoms with Crippen molar-refractivity contribution in [2.24, 2.45) is 7.05 Å². The standard InChI is InChI=1S/C25H25FN4O3/c1-15(10-12-31)23-16(7-8-20-17(23)14-28-30(20)2)13-21(32)19-9-11-27-25(29-19)24-18(26)5-4-6-22(24)33-3/h4-9,11,14-15,31H,10,12-13H2,1-3H3. The average molecular weight is 448 g/mol. The highest BCUT2D eigenvalue weighted by Crippen LogP contribution is 2.32. The SMILES string of the molecule is COc1cccc(F)c1-c1nccc(C(=O)Cc2ccc3c(cnn3C)c2C(C)CCO)n1. The molecule has 0 aliphatic heterocycles. The molecule has 0 fully saturated rings. The Hall–Kier alpha value is -3.65. The zero-order valence-corrected chi connectivity index (χ0v) is 18.7. The lowest BCUT2D eigenvalue weighted by Crippen LogP contribution is -2.11. The molecule has 4 aromatic rings. The smallest absolute Gasteiger partial charge is 0.185 e. The number of nitrogens with zero attached hydrogens (tertiary/aromatic N) is 4. The third kappa shape index (κ3) is 4.34. The first-order valence-electron chi connectivity index (χ1n) is 10.7. The molecule has 0 spiro atoms. The first-order valence-corrected chi connectivity index (χ1v) is 10.7. The van der Waals surface area contributed by atoms with E-state index in [0.717, 1.165) is 22.0 Å². The molecule has 1 unspecified atom stereocenters. The molecule has 0 bridgehead atoms. The molecule has 2 aromatic carbocycles. The van der Waals surface area contributed by atoms with Gasteiger partial charge >= 0.3 is 0 Å². The van der Waals surface area contributed by atoms with E-state index in [0.29, 0.717) is 12.2 Å². The number of benzene rings is 2. The summed E-state index contributed by atoms with van der Waals surface area (Å²) in [6.45, 7) is 2.07. The minimum atomic E-state index is -0.527. The molecule has 7 nitrogen and oxygen atoms in total. The summed E-state index contributed by atoms with van der Waals surface area (Å²) in [5, 5.41) is 14.8. The molecule has 1 atom stereocenters. The van der Waals surface area contributed by atoms with Crippen LogP contribution in [0.5, 0.6) is 5.75 Å². The maximum Gasteiger partial charge on any atom is 0.185 e. The summed E-state index contributed by atoms with van der Waals surface area (Å²) in [6, 6.07) is 9.85. The van der Waals surface area contributed by atoms with Gasteiger partial charge in [0.25, 0.3) is 0 Å². The average Bonchev–Trinajstić information content (AvgIpc) is 3.19. The van der Waals surface area contributed by atoms with E-state index < -0.39 is 5.82 Å². The lowest BCUT2D eigenvalue weighted by Gasteiger charge is -2.17. The lowest BCUT2D eigenvalue weighted by molar-refractivity contribution is 0.0988. The third-order valence-corrected chi connectivity index (χ3v) is 5.83. The van der Waals surface area contributed by atoms with Crippen molar-refractivity contribution in [2.75, 3.05) is 13.7 Å². The van der Waals surface area contributed by atoms with Gasteiger partial charge in [0.1, 0.15) is 17.3 Å². The number of ketones is 1. The molecule has 8 heteroatoms. The minimum Gasteiger partial charge on any atom is -0.496 e. The van der Waals surface area contributed by atoms with Crippen LogP contribution in [0.3, 0.4) is 0 Å². The Morgan fingerprint density at radius 2 is 2.06 bits per heavy atom. The molecule has 33 heavy (non-hydrogen) atoms. The van der Waals surface area contributed by atoms with Crippen LogP contribution in [0, 0.1) is 5.82 Å². The van der Waals surface area contributed by atoms with Crippen LogP contribution in [0.15, 0.2) is 48.8 Å². The van der Waals surface area contributed by atoms with Gasteiger partial charge in [-0.1, -0.05) is 19.1 Å². The van der Waals surface area contributed by atoms with Crippen molar-refractivity contribution in [3.63, 3.8) is 0 Å². The number of aliphatic hydroxyl groups excluding tert-OH is 1. The Kier molecular flexibility index (Phi) is 6.46. The van der Waals surface area contributed by atoms with Gasteiger partial charge in [-0.25, -0.2) is 14.4 Å². The molecule has 0 saturated carbocycles.